The van der Waals surface area contributed by atoms with Crippen molar-refractivity contribution >= 4 is 55.8 Å². The molecule has 21 heavy (non-hydrogen) atoms. The molecule has 1 heterocycles. The number of para-hydroxylation sites is 1. The van der Waals surface area contributed by atoms with Crippen LogP contribution in [0.25, 0.3) is 10.2 Å². The lowest BCUT2D eigenvalue weighted by Crippen LogP contribution is -2.11. The largest absolute Gasteiger partial charge is 0.298 e. The zero-order chi connectivity index (χ0) is 15.0. The number of halogens is 2. The first-order valence-electron chi connectivity index (χ1n) is 6.17. The number of thiazole rings is 1. The van der Waals surface area contributed by atoms with E-state index in [0.29, 0.717) is 20.7 Å². The van der Waals surface area contributed by atoms with Crippen molar-refractivity contribution in [3.05, 3.63) is 57.6 Å². The van der Waals surface area contributed by atoms with Crippen molar-refractivity contribution in [2.75, 3.05) is 5.32 Å². The quantitative estimate of drug-likeness (QED) is 0.701. The molecule has 3 aromatic rings. The summed E-state index contributed by atoms with van der Waals surface area (Å²) in [4.78, 5) is 16.6. The maximum absolute atomic E-state index is 12.2. The number of aromatic nitrogens is 1. The number of anilines is 1. The molecule has 0 atom stereocenters. The van der Waals surface area contributed by atoms with Crippen molar-refractivity contribution in [3.8, 4) is 0 Å². The second-order valence-electron chi connectivity index (χ2n) is 4.52. The van der Waals surface area contributed by atoms with Gasteiger partial charge in [0.2, 0.25) is 0 Å². The highest BCUT2D eigenvalue weighted by atomic mass is 35.5. The van der Waals surface area contributed by atoms with E-state index in [1.54, 1.807) is 12.1 Å². The van der Waals surface area contributed by atoms with E-state index in [1.165, 1.54) is 17.4 Å². The lowest BCUT2D eigenvalue weighted by atomic mass is 10.2. The number of rotatable bonds is 2. The number of hydrogen-bond donors (Lipinski definition) is 1. The number of fused-ring (bicyclic) bond motifs is 1. The molecule has 0 aliphatic carbocycles. The highest BCUT2D eigenvalue weighted by Gasteiger charge is 2.12. The normalized spacial score (nSPS) is 10.8. The summed E-state index contributed by atoms with van der Waals surface area (Å²) in [6, 6.07) is 10.7. The summed E-state index contributed by atoms with van der Waals surface area (Å²) in [5.74, 6) is -0.259. The van der Waals surface area contributed by atoms with Gasteiger partial charge in [0, 0.05) is 5.56 Å². The number of amides is 1. The highest BCUT2D eigenvalue weighted by Crippen LogP contribution is 2.28. The molecule has 0 unspecified atom stereocenters. The van der Waals surface area contributed by atoms with E-state index in [-0.39, 0.29) is 5.91 Å². The molecular weight excluding hydrogens is 327 g/mol. The van der Waals surface area contributed by atoms with Gasteiger partial charge in [0.05, 0.1) is 20.3 Å². The van der Waals surface area contributed by atoms with Crippen LogP contribution in [0.15, 0.2) is 36.4 Å². The maximum Gasteiger partial charge on any atom is 0.257 e. The molecule has 0 fully saturated rings. The fourth-order valence-electron chi connectivity index (χ4n) is 1.95. The van der Waals surface area contributed by atoms with Crippen LogP contribution in [-0.4, -0.2) is 10.9 Å². The average molecular weight is 337 g/mol. The minimum atomic E-state index is -0.259. The van der Waals surface area contributed by atoms with Gasteiger partial charge in [0.15, 0.2) is 5.13 Å². The Morgan fingerprint density at radius 1 is 1.19 bits per heavy atom. The third-order valence-corrected chi connectivity index (χ3v) is 4.70. The summed E-state index contributed by atoms with van der Waals surface area (Å²) in [6.45, 7) is 1.99. The molecule has 2 aromatic carbocycles. The van der Waals surface area contributed by atoms with Gasteiger partial charge >= 0.3 is 0 Å². The fourth-order valence-corrected chi connectivity index (χ4v) is 3.18. The molecule has 3 rings (SSSR count). The Bertz CT molecular complexity index is 845. The Morgan fingerprint density at radius 3 is 2.71 bits per heavy atom. The molecule has 3 nitrogen and oxygen atoms in total. The first-order chi connectivity index (χ1) is 10.0. The van der Waals surface area contributed by atoms with Crippen LogP contribution >= 0.6 is 34.5 Å². The lowest BCUT2D eigenvalue weighted by Gasteiger charge is -2.03. The summed E-state index contributed by atoms with van der Waals surface area (Å²) < 4.78 is 1.04. The molecule has 106 valence electrons. The minimum Gasteiger partial charge on any atom is -0.298 e. The van der Waals surface area contributed by atoms with Gasteiger partial charge in [-0.2, -0.15) is 0 Å². The van der Waals surface area contributed by atoms with E-state index in [1.807, 2.05) is 25.1 Å². The van der Waals surface area contributed by atoms with Gasteiger partial charge in [-0.15, -0.1) is 0 Å². The van der Waals surface area contributed by atoms with Crippen LogP contribution in [0.1, 0.15) is 15.9 Å². The molecule has 1 N–H and O–H groups in total. The van der Waals surface area contributed by atoms with Gasteiger partial charge in [-0.1, -0.05) is 46.7 Å². The molecule has 0 saturated heterocycles. The van der Waals surface area contributed by atoms with Crippen LogP contribution in [0.4, 0.5) is 5.13 Å². The third kappa shape index (κ3) is 2.88. The second kappa shape index (κ2) is 5.64. The van der Waals surface area contributed by atoms with E-state index >= 15 is 0 Å². The topological polar surface area (TPSA) is 42.0 Å². The number of aryl methyl sites for hydroxylation is 1. The standard InChI is InChI=1S/C15H10Cl2N2OS/c1-8-3-2-4-12-13(8)18-15(21-12)19-14(20)9-5-6-10(16)11(17)7-9/h2-7H,1H3,(H,18,19,20). The van der Waals surface area contributed by atoms with Crippen LogP contribution in [0.5, 0.6) is 0 Å². The van der Waals surface area contributed by atoms with E-state index < -0.39 is 0 Å². The molecule has 1 aromatic heterocycles. The van der Waals surface area contributed by atoms with Crippen molar-refractivity contribution in [1.82, 2.24) is 4.98 Å². The highest BCUT2D eigenvalue weighted by molar-refractivity contribution is 7.22. The van der Waals surface area contributed by atoms with Crippen LogP contribution in [0.3, 0.4) is 0 Å². The number of benzene rings is 2. The first-order valence-corrected chi connectivity index (χ1v) is 7.74. The zero-order valence-electron chi connectivity index (χ0n) is 11.0. The third-order valence-electron chi connectivity index (χ3n) is 3.02. The predicted octanol–water partition coefficient (Wildman–Crippen LogP) is 5.16. The van der Waals surface area contributed by atoms with Crippen molar-refractivity contribution < 1.29 is 4.79 Å². The number of carbonyl (C=O) groups excluding carboxylic acids is 1. The Labute approximate surface area is 135 Å². The summed E-state index contributed by atoms with van der Waals surface area (Å²) >= 11 is 13.2. The molecule has 0 bridgehead atoms. The average Bonchev–Trinajstić information content (AvgIpc) is 2.86. The van der Waals surface area contributed by atoms with Crippen molar-refractivity contribution in [2.45, 2.75) is 6.92 Å². The Balaban J connectivity index is 1.89. The van der Waals surface area contributed by atoms with Crippen LogP contribution in [0.2, 0.25) is 10.0 Å². The molecule has 0 radical (unpaired) electrons. The number of carbonyl (C=O) groups is 1. The maximum atomic E-state index is 12.2. The number of nitrogens with one attached hydrogen (secondary N) is 1. The number of nitrogens with zero attached hydrogens (tertiary/aromatic N) is 1. The van der Waals surface area contributed by atoms with Crippen molar-refractivity contribution in [1.29, 1.82) is 0 Å². The Kier molecular flexibility index (Phi) is 3.85. The SMILES string of the molecule is Cc1cccc2sc(NC(=O)c3ccc(Cl)c(Cl)c3)nc12. The van der Waals surface area contributed by atoms with Gasteiger partial charge in [-0.25, -0.2) is 4.98 Å². The van der Waals surface area contributed by atoms with Crippen molar-refractivity contribution in [2.24, 2.45) is 0 Å². The Hall–Kier alpha value is -1.62. The molecule has 1 amide bonds. The van der Waals surface area contributed by atoms with Crippen LogP contribution < -0.4 is 5.32 Å². The van der Waals surface area contributed by atoms with Gasteiger partial charge in [0.1, 0.15) is 0 Å². The molecule has 0 aliphatic rings. The van der Waals surface area contributed by atoms with Crippen molar-refractivity contribution in [3.63, 3.8) is 0 Å². The zero-order valence-corrected chi connectivity index (χ0v) is 13.3. The summed E-state index contributed by atoms with van der Waals surface area (Å²) in [5, 5.41) is 4.13. The van der Waals surface area contributed by atoms with Crippen LogP contribution in [-0.2, 0) is 0 Å². The smallest absolute Gasteiger partial charge is 0.257 e. The molecule has 0 aliphatic heterocycles. The van der Waals surface area contributed by atoms with E-state index in [4.69, 9.17) is 23.2 Å². The molecular formula is C15H10Cl2N2OS. The molecule has 0 saturated carbocycles. The summed E-state index contributed by atoms with van der Waals surface area (Å²) in [6.07, 6.45) is 0. The van der Waals surface area contributed by atoms with Gasteiger partial charge < -0.3 is 0 Å². The lowest BCUT2D eigenvalue weighted by molar-refractivity contribution is 0.102. The fraction of sp³-hybridized carbons (Fsp3) is 0.0667. The monoisotopic (exact) mass is 336 g/mol. The first kappa shape index (κ1) is 14.3. The number of hydrogen-bond acceptors (Lipinski definition) is 3. The van der Waals surface area contributed by atoms with Gasteiger partial charge in [0.25, 0.3) is 5.91 Å². The van der Waals surface area contributed by atoms with E-state index in [9.17, 15) is 4.79 Å². The van der Waals surface area contributed by atoms with Gasteiger partial charge in [-0.3, -0.25) is 10.1 Å². The van der Waals surface area contributed by atoms with Gasteiger partial charge in [-0.05, 0) is 36.8 Å². The summed E-state index contributed by atoms with van der Waals surface area (Å²) in [5.41, 5.74) is 2.44. The molecule has 0 spiro atoms. The van der Waals surface area contributed by atoms with E-state index in [2.05, 4.69) is 10.3 Å². The second-order valence-corrected chi connectivity index (χ2v) is 6.37. The van der Waals surface area contributed by atoms with Crippen LogP contribution in [0, 0.1) is 6.92 Å². The van der Waals surface area contributed by atoms with E-state index in [0.717, 1.165) is 15.8 Å². The Morgan fingerprint density at radius 2 is 2.00 bits per heavy atom. The minimum absolute atomic E-state index is 0.259. The molecule has 6 heteroatoms. The summed E-state index contributed by atoms with van der Waals surface area (Å²) in [7, 11) is 0. The predicted molar refractivity (Wildman–Crippen MR) is 88.8 cm³/mol.